The van der Waals surface area contributed by atoms with Crippen molar-refractivity contribution in [2.45, 2.75) is 317 Å². The monoisotopic (exact) mass is 979 g/mol. The predicted molar refractivity (Wildman–Crippen MR) is 289 cm³/mol. The summed E-state index contributed by atoms with van der Waals surface area (Å²) in [6, 6.07) is 0. The molecule has 3 atom stereocenters. The Labute approximate surface area is 426 Å². The van der Waals surface area contributed by atoms with Crippen LogP contribution >= 0.6 is 0 Å². The van der Waals surface area contributed by atoms with Crippen LogP contribution in [0.25, 0.3) is 0 Å². The van der Waals surface area contributed by atoms with E-state index in [1.54, 1.807) is 0 Å². The van der Waals surface area contributed by atoms with Gasteiger partial charge in [-0.2, -0.15) is 0 Å². The van der Waals surface area contributed by atoms with Gasteiger partial charge in [-0.1, -0.05) is 157 Å². The number of carbonyl (C=O) groups excluding carboxylic acids is 3. The topological polar surface area (TPSA) is 123 Å². The third-order valence-electron chi connectivity index (χ3n) is 14.0. The molecule has 0 aliphatic rings. The highest BCUT2D eigenvalue weighted by Crippen LogP contribution is 2.18. The summed E-state index contributed by atoms with van der Waals surface area (Å²) >= 11 is 0. The van der Waals surface area contributed by atoms with Gasteiger partial charge >= 0.3 is 23.9 Å². The Morgan fingerprint density at radius 2 is 0.565 bits per heavy atom. The molecular weight excluding hydrogens is 865 g/mol. The van der Waals surface area contributed by atoms with Gasteiger partial charge in [-0.3, -0.25) is 19.2 Å². The number of rotatable bonds is 54. The Hall–Kier alpha value is -2.20. The third-order valence-corrected chi connectivity index (χ3v) is 14.0. The van der Waals surface area contributed by atoms with Gasteiger partial charge in [0.25, 0.3) is 0 Å². The number of unbranched alkanes of at least 4 members (excludes halogenated alkanes) is 22. The summed E-state index contributed by atoms with van der Waals surface area (Å²) in [5, 5.41) is 9.23. The number of carboxylic acids is 1. The summed E-state index contributed by atoms with van der Waals surface area (Å²) in [5.41, 5.74) is 0. The number of aliphatic carboxylic acids is 1. The molecule has 0 aliphatic heterocycles. The molecule has 10 heteroatoms. The summed E-state index contributed by atoms with van der Waals surface area (Å²) in [4.78, 5) is 53.8. The normalized spacial score (nSPS) is 12.9. The number of hydrogen-bond donors (Lipinski definition) is 1. The molecule has 0 saturated carbocycles. The van der Waals surface area contributed by atoms with E-state index in [9.17, 15) is 24.3 Å². The molecule has 0 aromatic rings. The van der Waals surface area contributed by atoms with E-state index in [2.05, 4.69) is 51.3 Å². The van der Waals surface area contributed by atoms with E-state index < -0.39 is 5.97 Å². The number of hydrogen-bond acceptors (Lipinski definition) is 9. The first-order valence-corrected chi connectivity index (χ1v) is 29.9. The van der Waals surface area contributed by atoms with Gasteiger partial charge in [0.15, 0.2) is 0 Å². The second kappa shape index (κ2) is 50.7. The Balaban J connectivity index is 4.92. The van der Waals surface area contributed by atoms with E-state index in [1.165, 1.54) is 103 Å². The van der Waals surface area contributed by atoms with Gasteiger partial charge in [-0.25, -0.2) is 0 Å². The largest absolute Gasteiger partial charge is 0.481 e. The SMILES string of the molecule is CCCCCC(CC)OC(=O)CCCCCCCCN(CCCCCCCCC(=O)OC(CC)CCCCC)CCCN(CCCCCCCCC(=O)OC(CC)CCCCC)CCCCC(=O)O. The molecule has 0 amide bonds. The van der Waals surface area contributed by atoms with Gasteiger partial charge in [0, 0.05) is 25.7 Å². The average Bonchev–Trinajstić information content (AvgIpc) is 3.33. The highest BCUT2D eigenvalue weighted by atomic mass is 16.6. The van der Waals surface area contributed by atoms with Crippen LogP contribution in [0.2, 0.25) is 0 Å². The van der Waals surface area contributed by atoms with Gasteiger partial charge in [-0.05, 0) is 155 Å². The predicted octanol–water partition coefficient (Wildman–Crippen LogP) is 16.1. The van der Waals surface area contributed by atoms with Crippen LogP contribution in [0.3, 0.4) is 0 Å². The maximum absolute atomic E-state index is 12.4. The maximum atomic E-state index is 12.4. The smallest absolute Gasteiger partial charge is 0.306 e. The number of ether oxygens (including phenoxy) is 3. The molecule has 0 aromatic carbocycles. The lowest BCUT2D eigenvalue weighted by Crippen LogP contribution is -2.32. The molecule has 0 rings (SSSR count). The van der Waals surface area contributed by atoms with Crippen LogP contribution < -0.4 is 0 Å². The first-order chi connectivity index (χ1) is 33.6. The van der Waals surface area contributed by atoms with Gasteiger partial charge in [0.2, 0.25) is 0 Å². The quantitative estimate of drug-likeness (QED) is 0.0358. The third kappa shape index (κ3) is 45.4. The minimum atomic E-state index is -0.709. The zero-order valence-corrected chi connectivity index (χ0v) is 46.5. The van der Waals surface area contributed by atoms with Crippen molar-refractivity contribution >= 4 is 23.9 Å². The Morgan fingerprint density at radius 3 is 0.841 bits per heavy atom. The molecule has 0 aliphatic carbocycles. The first kappa shape index (κ1) is 66.8. The van der Waals surface area contributed by atoms with Gasteiger partial charge in [-0.15, -0.1) is 0 Å². The number of carbonyl (C=O) groups is 4. The minimum absolute atomic E-state index is 0.0216. The Bertz CT molecular complexity index is 1120. The summed E-state index contributed by atoms with van der Waals surface area (Å²) in [7, 11) is 0. The van der Waals surface area contributed by atoms with Crippen molar-refractivity contribution in [1.29, 1.82) is 0 Å². The van der Waals surface area contributed by atoms with E-state index in [0.717, 1.165) is 168 Å². The average molecular weight is 980 g/mol. The van der Waals surface area contributed by atoms with Crippen LogP contribution in [-0.2, 0) is 33.4 Å². The van der Waals surface area contributed by atoms with Crippen LogP contribution in [0.15, 0.2) is 0 Å². The summed E-state index contributed by atoms with van der Waals surface area (Å²) < 4.78 is 17.3. The van der Waals surface area contributed by atoms with Gasteiger partial charge < -0.3 is 29.1 Å². The number of esters is 3. The second-order valence-corrected chi connectivity index (χ2v) is 20.5. The number of carboxylic acid groups (broad SMARTS) is 1. The van der Waals surface area contributed by atoms with E-state index in [-0.39, 0.29) is 42.6 Å². The zero-order chi connectivity index (χ0) is 50.8. The molecule has 0 heterocycles. The molecule has 69 heavy (non-hydrogen) atoms. The maximum Gasteiger partial charge on any atom is 0.306 e. The lowest BCUT2D eigenvalue weighted by atomic mass is 10.1. The Morgan fingerprint density at radius 1 is 0.319 bits per heavy atom. The lowest BCUT2D eigenvalue weighted by Gasteiger charge is -2.26. The fourth-order valence-corrected chi connectivity index (χ4v) is 9.38. The molecular formula is C59H114N2O8. The molecule has 0 radical (unpaired) electrons. The molecule has 0 fully saturated rings. The molecule has 408 valence electrons. The van der Waals surface area contributed by atoms with Crippen molar-refractivity contribution in [3.05, 3.63) is 0 Å². The van der Waals surface area contributed by atoms with Crippen molar-refractivity contribution in [1.82, 2.24) is 9.80 Å². The lowest BCUT2D eigenvalue weighted by molar-refractivity contribution is -0.150. The second-order valence-electron chi connectivity index (χ2n) is 20.5. The van der Waals surface area contributed by atoms with E-state index in [0.29, 0.717) is 19.3 Å². The zero-order valence-electron chi connectivity index (χ0n) is 46.5. The highest BCUT2D eigenvalue weighted by molar-refractivity contribution is 5.70. The molecule has 0 bridgehead atoms. The minimum Gasteiger partial charge on any atom is -0.481 e. The van der Waals surface area contributed by atoms with Crippen LogP contribution in [0.5, 0.6) is 0 Å². The van der Waals surface area contributed by atoms with Crippen LogP contribution in [-0.4, -0.2) is 96.4 Å². The summed E-state index contributed by atoms with van der Waals surface area (Å²) in [6.45, 7) is 19.3. The van der Waals surface area contributed by atoms with Crippen molar-refractivity contribution in [2.24, 2.45) is 0 Å². The van der Waals surface area contributed by atoms with Gasteiger partial charge in [0.1, 0.15) is 18.3 Å². The van der Waals surface area contributed by atoms with E-state index in [1.807, 2.05) is 0 Å². The molecule has 1 N–H and O–H groups in total. The fourth-order valence-electron chi connectivity index (χ4n) is 9.38. The summed E-state index contributed by atoms with van der Waals surface area (Å²) in [5.74, 6) is -0.783. The van der Waals surface area contributed by atoms with Crippen molar-refractivity contribution in [3.8, 4) is 0 Å². The van der Waals surface area contributed by atoms with Crippen molar-refractivity contribution in [2.75, 3.05) is 39.3 Å². The number of nitrogens with zero attached hydrogens (tertiary/aromatic N) is 2. The van der Waals surface area contributed by atoms with Crippen LogP contribution in [0.1, 0.15) is 298 Å². The molecule has 0 spiro atoms. The molecule has 10 nitrogen and oxygen atoms in total. The van der Waals surface area contributed by atoms with Crippen LogP contribution in [0.4, 0.5) is 0 Å². The van der Waals surface area contributed by atoms with Gasteiger partial charge in [0.05, 0.1) is 0 Å². The van der Waals surface area contributed by atoms with E-state index >= 15 is 0 Å². The first-order valence-electron chi connectivity index (χ1n) is 29.9. The van der Waals surface area contributed by atoms with Crippen LogP contribution in [0, 0.1) is 0 Å². The standard InChI is InChI=1S/C59H114N2O8/c1-7-13-28-40-53(10-4)67-57(64)44-31-22-16-19-25-35-47-60(48-36-26-20-17-23-32-45-58(65)68-54(11-5)41-29-14-8-2)51-39-52-61(50-38-34-43-56(62)63)49-37-27-21-18-24-33-46-59(66)69-55(12-6)42-30-15-9-3/h53-55H,7-52H2,1-6H3,(H,62,63). The van der Waals surface area contributed by atoms with Crippen molar-refractivity contribution in [3.63, 3.8) is 0 Å². The molecule has 0 aromatic heterocycles. The Kier molecular flexibility index (Phi) is 49.1. The molecule has 3 unspecified atom stereocenters. The van der Waals surface area contributed by atoms with E-state index in [4.69, 9.17) is 14.2 Å². The fraction of sp³-hybridized carbons (Fsp3) is 0.932. The summed E-state index contributed by atoms with van der Waals surface area (Å²) in [6.07, 6.45) is 41.3. The molecule has 0 saturated heterocycles. The van der Waals surface area contributed by atoms with Crippen molar-refractivity contribution < 1.29 is 38.5 Å². The highest BCUT2D eigenvalue weighted by Gasteiger charge is 2.15.